The number of aliphatic imine (C=N–C) groups is 1. The van der Waals surface area contributed by atoms with E-state index in [4.69, 9.17) is 0 Å². The average molecular weight is 349 g/mol. The van der Waals surface area contributed by atoms with E-state index in [9.17, 15) is 0 Å². The first-order valence-corrected chi connectivity index (χ1v) is 9.58. The molecule has 0 aliphatic carbocycles. The zero-order chi connectivity index (χ0) is 19.3. The van der Waals surface area contributed by atoms with Gasteiger partial charge in [0.2, 0.25) is 0 Å². The highest BCUT2D eigenvalue weighted by Gasteiger charge is 2.23. The molecule has 1 heterocycles. The van der Waals surface area contributed by atoms with Crippen molar-refractivity contribution in [3.8, 4) is 0 Å². The lowest BCUT2D eigenvalue weighted by Crippen LogP contribution is -2.29. The van der Waals surface area contributed by atoms with Crippen molar-refractivity contribution >= 4 is 17.6 Å². The van der Waals surface area contributed by atoms with Crippen LogP contribution in [-0.4, -0.2) is 10.7 Å². The van der Waals surface area contributed by atoms with Crippen molar-refractivity contribution in [2.24, 2.45) is 10.9 Å². The maximum Gasteiger partial charge on any atom is 0.110 e. The van der Waals surface area contributed by atoms with Crippen molar-refractivity contribution in [2.45, 2.75) is 53.9 Å². The summed E-state index contributed by atoms with van der Waals surface area (Å²) in [7, 11) is 0. The monoisotopic (exact) mass is 348 g/mol. The summed E-state index contributed by atoms with van der Waals surface area (Å²) in [6.07, 6.45) is 9.48. The van der Waals surface area contributed by atoms with Crippen LogP contribution < -0.4 is 0 Å². The summed E-state index contributed by atoms with van der Waals surface area (Å²) in [6.45, 7) is 19.2. The molecule has 1 unspecified atom stereocenters. The van der Waals surface area contributed by atoms with Gasteiger partial charge in [0.05, 0.1) is 0 Å². The zero-order valence-corrected chi connectivity index (χ0v) is 17.0. The molecule has 0 spiro atoms. The minimum Gasteiger partial charge on any atom is -0.299 e. The molecule has 0 saturated heterocycles. The van der Waals surface area contributed by atoms with E-state index >= 15 is 0 Å². The van der Waals surface area contributed by atoms with E-state index in [-0.39, 0.29) is 0 Å². The number of rotatable bonds is 7. The van der Waals surface area contributed by atoms with Gasteiger partial charge in [0.25, 0.3) is 0 Å². The number of amidine groups is 1. The predicted octanol–water partition coefficient (Wildman–Crippen LogP) is 6.96. The maximum absolute atomic E-state index is 4.53. The summed E-state index contributed by atoms with van der Waals surface area (Å²) in [5.41, 5.74) is 7.09. The van der Waals surface area contributed by atoms with E-state index < -0.39 is 0 Å². The first kappa shape index (κ1) is 20.0. The van der Waals surface area contributed by atoms with Gasteiger partial charge in [0.1, 0.15) is 5.84 Å². The number of hydrogen-bond acceptors (Lipinski definition) is 2. The van der Waals surface area contributed by atoms with E-state index in [2.05, 4.69) is 75.0 Å². The largest absolute Gasteiger partial charge is 0.299 e. The third-order valence-corrected chi connectivity index (χ3v) is 5.30. The second-order valence-corrected chi connectivity index (χ2v) is 7.01. The maximum atomic E-state index is 4.53. The topological polar surface area (TPSA) is 15.6 Å². The van der Waals surface area contributed by atoms with Crippen LogP contribution in [0.15, 0.2) is 59.9 Å². The van der Waals surface area contributed by atoms with Crippen LogP contribution in [0, 0.1) is 12.8 Å². The molecular weight excluding hydrogens is 316 g/mol. The van der Waals surface area contributed by atoms with E-state index in [0.29, 0.717) is 5.92 Å². The molecule has 1 atom stereocenters. The van der Waals surface area contributed by atoms with Crippen molar-refractivity contribution in [2.75, 3.05) is 0 Å². The normalized spacial score (nSPS) is 17.0. The Labute approximate surface area is 159 Å². The van der Waals surface area contributed by atoms with Gasteiger partial charge in [0.15, 0.2) is 0 Å². The van der Waals surface area contributed by atoms with Crippen LogP contribution in [0.4, 0.5) is 0 Å². The Balaban J connectivity index is 2.47. The van der Waals surface area contributed by atoms with Gasteiger partial charge in [-0.1, -0.05) is 51.6 Å². The lowest BCUT2D eigenvalue weighted by molar-refractivity contribution is 0.519. The molecule has 0 radical (unpaired) electrons. The van der Waals surface area contributed by atoms with Gasteiger partial charge in [-0.05, 0) is 73.9 Å². The highest BCUT2D eigenvalue weighted by molar-refractivity contribution is 5.92. The number of hydrogen-bond donors (Lipinski definition) is 0. The minimum atomic E-state index is 0.589. The number of aryl methyl sites for hydroxylation is 1. The summed E-state index contributed by atoms with van der Waals surface area (Å²) in [5, 5.41) is 0. The van der Waals surface area contributed by atoms with E-state index in [0.717, 1.165) is 29.1 Å². The third-order valence-electron chi connectivity index (χ3n) is 5.30. The fourth-order valence-electron chi connectivity index (χ4n) is 3.67. The van der Waals surface area contributed by atoms with E-state index in [1.807, 2.05) is 19.2 Å². The van der Waals surface area contributed by atoms with Gasteiger partial charge in [0, 0.05) is 17.6 Å². The molecule has 2 rings (SSSR count). The lowest BCUT2D eigenvalue weighted by Gasteiger charge is -2.33. The van der Waals surface area contributed by atoms with Crippen molar-refractivity contribution in [3.63, 3.8) is 0 Å². The molecule has 138 valence electrons. The van der Waals surface area contributed by atoms with Crippen molar-refractivity contribution in [1.29, 1.82) is 0 Å². The van der Waals surface area contributed by atoms with Gasteiger partial charge in [-0.3, -0.25) is 4.90 Å². The molecule has 26 heavy (non-hydrogen) atoms. The first-order chi connectivity index (χ1) is 12.4. The Morgan fingerprint density at radius 1 is 1.27 bits per heavy atom. The molecule has 2 nitrogen and oxygen atoms in total. The van der Waals surface area contributed by atoms with Gasteiger partial charge < -0.3 is 0 Å². The second kappa shape index (κ2) is 8.84. The molecular formula is C24H32N2. The van der Waals surface area contributed by atoms with E-state index in [1.165, 1.54) is 29.7 Å². The van der Waals surface area contributed by atoms with Crippen LogP contribution in [0.2, 0.25) is 0 Å². The van der Waals surface area contributed by atoms with E-state index in [1.54, 1.807) is 0 Å². The fraction of sp³-hybridized carbons (Fsp3) is 0.375. The molecule has 0 saturated carbocycles. The fourth-order valence-corrected chi connectivity index (χ4v) is 3.67. The van der Waals surface area contributed by atoms with Crippen LogP contribution in [0.25, 0.3) is 11.8 Å². The summed E-state index contributed by atoms with van der Waals surface area (Å²) >= 11 is 0. The lowest BCUT2D eigenvalue weighted by atomic mass is 9.90. The van der Waals surface area contributed by atoms with Crippen LogP contribution in [0.1, 0.15) is 63.6 Å². The summed E-state index contributed by atoms with van der Waals surface area (Å²) in [5.74, 6) is 1.55. The number of benzene rings is 1. The minimum absolute atomic E-state index is 0.589. The quantitative estimate of drug-likeness (QED) is 0.520. The highest BCUT2D eigenvalue weighted by Crippen LogP contribution is 2.33. The SMILES string of the molecule is C=Cc1ccc(C(=C)N2C(C)=NC=C/C2=C(/C)C(CC)CCC)cc1C. The van der Waals surface area contributed by atoms with Gasteiger partial charge in [-0.15, -0.1) is 0 Å². The second-order valence-electron chi connectivity index (χ2n) is 7.01. The average Bonchev–Trinajstić information content (AvgIpc) is 2.64. The van der Waals surface area contributed by atoms with Crippen molar-refractivity contribution < 1.29 is 0 Å². The van der Waals surface area contributed by atoms with Gasteiger partial charge in [-0.25, -0.2) is 4.99 Å². The summed E-state index contributed by atoms with van der Waals surface area (Å²) in [6, 6.07) is 6.41. The predicted molar refractivity (Wildman–Crippen MR) is 116 cm³/mol. The Kier molecular flexibility index (Phi) is 6.79. The number of allylic oxidation sites excluding steroid dienone is 2. The third kappa shape index (κ3) is 4.07. The molecule has 0 amide bonds. The zero-order valence-electron chi connectivity index (χ0n) is 17.0. The summed E-state index contributed by atoms with van der Waals surface area (Å²) < 4.78 is 0. The Morgan fingerprint density at radius 2 is 2.00 bits per heavy atom. The molecule has 1 aliphatic rings. The molecule has 1 aromatic rings. The van der Waals surface area contributed by atoms with Crippen LogP contribution in [-0.2, 0) is 0 Å². The first-order valence-electron chi connectivity index (χ1n) is 9.58. The van der Waals surface area contributed by atoms with Crippen molar-refractivity contribution in [1.82, 2.24) is 4.90 Å². The van der Waals surface area contributed by atoms with Crippen LogP contribution in [0.5, 0.6) is 0 Å². The molecule has 1 aromatic carbocycles. The highest BCUT2D eigenvalue weighted by atomic mass is 15.2. The van der Waals surface area contributed by atoms with Gasteiger partial charge >= 0.3 is 0 Å². The molecule has 0 fully saturated rings. The Morgan fingerprint density at radius 3 is 2.58 bits per heavy atom. The molecule has 0 bridgehead atoms. The smallest absolute Gasteiger partial charge is 0.110 e. The Bertz CT molecular complexity index is 777. The standard InChI is InChI=1S/C24H32N2/c1-8-11-22(10-3)18(5)24-14-15-25-20(7)26(24)19(6)23-13-12-21(9-2)17(4)16-23/h9,12-16,22H,2,6,8,10-11H2,1,3-5,7H3/b24-18+. The van der Waals surface area contributed by atoms with Crippen molar-refractivity contribution in [3.05, 3.63) is 71.6 Å². The van der Waals surface area contributed by atoms with Crippen LogP contribution in [0.3, 0.4) is 0 Å². The molecule has 1 aliphatic heterocycles. The van der Waals surface area contributed by atoms with Gasteiger partial charge in [-0.2, -0.15) is 0 Å². The summed E-state index contributed by atoms with van der Waals surface area (Å²) in [4.78, 5) is 6.73. The van der Waals surface area contributed by atoms with Crippen LogP contribution >= 0.6 is 0 Å². The molecule has 2 heteroatoms. The molecule has 0 aromatic heterocycles. The molecule has 0 N–H and O–H groups in total. The Hall–Kier alpha value is -2.35. The number of nitrogens with zero attached hydrogens (tertiary/aromatic N) is 2.